The van der Waals surface area contributed by atoms with E-state index in [1.54, 1.807) is 4.90 Å². The van der Waals surface area contributed by atoms with E-state index in [2.05, 4.69) is 32.0 Å². The summed E-state index contributed by atoms with van der Waals surface area (Å²) in [7, 11) is 0. The zero-order valence-corrected chi connectivity index (χ0v) is 19.2. The summed E-state index contributed by atoms with van der Waals surface area (Å²) in [5.74, 6) is -0.228. The van der Waals surface area contributed by atoms with Crippen molar-refractivity contribution in [1.82, 2.24) is 24.6 Å². The lowest BCUT2D eigenvalue weighted by Crippen LogP contribution is -2.50. The number of amides is 2. The number of aromatic amines is 1. The molecular formula is C25H28N6O2. The lowest BCUT2D eigenvalue weighted by Gasteiger charge is -2.39. The van der Waals surface area contributed by atoms with Gasteiger partial charge in [-0.05, 0) is 63.9 Å². The number of H-pyrrole nitrogens is 1. The second kappa shape index (κ2) is 8.03. The Morgan fingerprint density at radius 2 is 2.06 bits per heavy atom. The molecule has 0 bridgehead atoms. The molecule has 3 heterocycles. The maximum Gasteiger partial charge on any atom is 0.275 e. The topological polar surface area (TPSA) is 95.9 Å². The number of carbonyl (C=O) groups is 2. The van der Waals surface area contributed by atoms with E-state index >= 15 is 0 Å². The van der Waals surface area contributed by atoms with Crippen LogP contribution in [0.1, 0.15) is 42.7 Å². The van der Waals surface area contributed by atoms with Gasteiger partial charge in [0.05, 0.1) is 28.3 Å². The van der Waals surface area contributed by atoms with Crippen LogP contribution in [0, 0.1) is 12.3 Å². The van der Waals surface area contributed by atoms with Crippen molar-refractivity contribution in [2.24, 2.45) is 5.41 Å². The highest BCUT2D eigenvalue weighted by Gasteiger charge is 2.40. The predicted octanol–water partition coefficient (Wildman–Crippen LogP) is 4.12. The first-order valence-electron chi connectivity index (χ1n) is 11.4. The number of hydrogen-bond acceptors (Lipinski definition) is 4. The van der Waals surface area contributed by atoms with Crippen molar-refractivity contribution in [3.8, 4) is 0 Å². The normalized spacial score (nSPS) is 18.7. The molecule has 2 aromatic heterocycles. The van der Waals surface area contributed by atoms with Gasteiger partial charge in [-0.15, -0.1) is 0 Å². The number of likely N-dealkylation sites (tertiary alicyclic amines) is 1. The number of nitrogens with zero attached hydrogens (tertiary/aromatic N) is 4. The molecule has 5 rings (SSSR count). The minimum absolute atomic E-state index is 0.0861. The highest BCUT2D eigenvalue weighted by atomic mass is 16.2. The summed E-state index contributed by atoms with van der Waals surface area (Å²) in [6.45, 7) is 7.80. The monoisotopic (exact) mass is 444 g/mol. The number of aryl methyl sites for hydroxylation is 2. The third-order valence-corrected chi connectivity index (χ3v) is 6.67. The van der Waals surface area contributed by atoms with Crippen molar-refractivity contribution in [1.29, 1.82) is 0 Å². The van der Waals surface area contributed by atoms with E-state index < -0.39 is 5.41 Å². The molecule has 4 aromatic rings. The minimum Gasteiger partial charge on any atom is -0.336 e. The van der Waals surface area contributed by atoms with Crippen LogP contribution in [0.3, 0.4) is 0 Å². The summed E-state index contributed by atoms with van der Waals surface area (Å²) < 4.78 is 2.06. The van der Waals surface area contributed by atoms with Gasteiger partial charge in [0.1, 0.15) is 0 Å². The molecule has 8 nitrogen and oxygen atoms in total. The van der Waals surface area contributed by atoms with Crippen LogP contribution in [0.25, 0.3) is 21.9 Å². The number of benzene rings is 2. The van der Waals surface area contributed by atoms with Crippen molar-refractivity contribution in [2.75, 3.05) is 18.4 Å². The lowest BCUT2D eigenvalue weighted by molar-refractivity contribution is -0.127. The second-order valence-corrected chi connectivity index (χ2v) is 9.20. The van der Waals surface area contributed by atoms with Gasteiger partial charge < -0.3 is 14.8 Å². The highest BCUT2D eigenvalue weighted by Crippen LogP contribution is 2.33. The van der Waals surface area contributed by atoms with Crippen LogP contribution in [0.4, 0.5) is 5.69 Å². The van der Waals surface area contributed by atoms with Crippen molar-refractivity contribution < 1.29 is 9.59 Å². The number of aromatic nitrogens is 4. The van der Waals surface area contributed by atoms with Crippen LogP contribution in [0.15, 0.2) is 42.7 Å². The third kappa shape index (κ3) is 3.75. The second-order valence-electron chi connectivity index (χ2n) is 9.20. The van der Waals surface area contributed by atoms with E-state index in [0.717, 1.165) is 46.9 Å². The number of piperidine rings is 1. The quantitative estimate of drug-likeness (QED) is 0.495. The van der Waals surface area contributed by atoms with Crippen LogP contribution >= 0.6 is 0 Å². The Hall–Kier alpha value is -3.68. The maximum absolute atomic E-state index is 13.3. The number of hydrogen-bond donors (Lipinski definition) is 2. The van der Waals surface area contributed by atoms with E-state index in [1.165, 1.54) is 0 Å². The first-order chi connectivity index (χ1) is 15.9. The summed E-state index contributed by atoms with van der Waals surface area (Å²) in [4.78, 5) is 32.8. The van der Waals surface area contributed by atoms with Crippen molar-refractivity contribution in [3.05, 3.63) is 54.0 Å². The maximum atomic E-state index is 13.3. The number of anilines is 1. The fourth-order valence-electron chi connectivity index (χ4n) is 4.71. The molecule has 1 aliphatic rings. The molecule has 0 radical (unpaired) electrons. The summed E-state index contributed by atoms with van der Waals surface area (Å²) in [5, 5.41) is 11.1. The molecule has 1 aliphatic heterocycles. The van der Waals surface area contributed by atoms with E-state index in [-0.39, 0.29) is 11.8 Å². The molecule has 2 aromatic carbocycles. The zero-order chi connectivity index (χ0) is 23.2. The van der Waals surface area contributed by atoms with E-state index in [9.17, 15) is 9.59 Å². The van der Waals surface area contributed by atoms with E-state index in [0.29, 0.717) is 24.5 Å². The first-order valence-corrected chi connectivity index (χ1v) is 11.4. The Balaban J connectivity index is 1.34. The molecule has 0 saturated carbocycles. The molecule has 33 heavy (non-hydrogen) atoms. The Bertz CT molecular complexity index is 1370. The van der Waals surface area contributed by atoms with Gasteiger partial charge in [0.25, 0.3) is 5.91 Å². The van der Waals surface area contributed by atoms with Gasteiger partial charge in [0.15, 0.2) is 5.69 Å². The predicted molar refractivity (Wildman–Crippen MR) is 128 cm³/mol. The molecule has 2 amide bonds. The average molecular weight is 445 g/mol. The number of nitrogens with one attached hydrogen (secondary N) is 2. The molecule has 0 aliphatic carbocycles. The molecule has 1 atom stereocenters. The molecule has 2 N–H and O–H groups in total. The fraction of sp³-hybridized carbons (Fsp3) is 0.360. The molecule has 1 unspecified atom stereocenters. The third-order valence-electron chi connectivity index (χ3n) is 6.67. The largest absolute Gasteiger partial charge is 0.336 e. The molecule has 8 heteroatoms. The molecule has 0 spiro atoms. The van der Waals surface area contributed by atoms with Gasteiger partial charge >= 0.3 is 0 Å². The summed E-state index contributed by atoms with van der Waals surface area (Å²) in [6, 6.07) is 11.7. The summed E-state index contributed by atoms with van der Waals surface area (Å²) in [5.41, 5.74) is 4.23. The fourth-order valence-corrected chi connectivity index (χ4v) is 4.71. The standard InChI is InChI=1S/C25H28N6O2/c1-4-30-15-26-20-13-17(7-9-21(20)30)27-24(33)25(3)10-5-11-31(14-25)23(32)22-18-12-16(2)6-8-19(18)28-29-22/h6-9,12-13,15H,4-5,10-11,14H2,1-3H3,(H,27,33)(H,28,29). The van der Waals surface area contributed by atoms with E-state index in [1.807, 2.05) is 56.6 Å². The molecule has 1 saturated heterocycles. The van der Waals surface area contributed by atoms with Gasteiger partial charge in [-0.2, -0.15) is 5.10 Å². The minimum atomic E-state index is -0.687. The molecule has 170 valence electrons. The highest BCUT2D eigenvalue weighted by molar-refractivity contribution is 6.05. The Kier molecular flexibility index (Phi) is 5.15. The van der Waals surface area contributed by atoms with Gasteiger partial charge in [0.2, 0.25) is 5.91 Å². The Labute approximate surface area is 192 Å². The zero-order valence-electron chi connectivity index (χ0n) is 19.2. The van der Waals surface area contributed by atoms with Crippen LogP contribution in [-0.4, -0.2) is 49.6 Å². The number of fused-ring (bicyclic) bond motifs is 2. The van der Waals surface area contributed by atoms with Gasteiger partial charge in [0, 0.05) is 30.7 Å². The van der Waals surface area contributed by atoms with E-state index in [4.69, 9.17) is 0 Å². The average Bonchev–Trinajstić information content (AvgIpc) is 3.41. The van der Waals surface area contributed by atoms with Crippen molar-refractivity contribution >= 4 is 39.4 Å². The van der Waals surface area contributed by atoms with Crippen molar-refractivity contribution in [2.45, 2.75) is 40.2 Å². The van der Waals surface area contributed by atoms with Gasteiger partial charge in [-0.25, -0.2) is 4.98 Å². The van der Waals surface area contributed by atoms with Crippen LogP contribution in [-0.2, 0) is 11.3 Å². The smallest absolute Gasteiger partial charge is 0.275 e. The number of imidazole rings is 1. The van der Waals surface area contributed by atoms with Gasteiger partial charge in [-0.3, -0.25) is 14.7 Å². The van der Waals surface area contributed by atoms with Crippen LogP contribution in [0.5, 0.6) is 0 Å². The summed E-state index contributed by atoms with van der Waals surface area (Å²) in [6.07, 6.45) is 3.29. The van der Waals surface area contributed by atoms with Crippen molar-refractivity contribution in [3.63, 3.8) is 0 Å². The Morgan fingerprint density at radius 1 is 1.21 bits per heavy atom. The van der Waals surface area contributed by atoms with Crippen LogP contribution < -0.4 is 5.32 Å². The molecule has 1 fully saturated rings. The Morgan fingerprint density at radius 3 is 2.88 bits per heavy atom. The lowest BCUT2D eigenvalue weighted by atomic mass is 9.80. The first kappa shape index (κ1) is 21.2. The number of rotatable bonds is 4. The molecular weight excluding hydrogens is 416 g/mol. The summed E-state index contributed by atoms with van der Waals surface area (Å²) >= 11 is 0. The van der Waals surface area contributed by atoms with Gasteiger partial charge in [-0.1, -0.05) is 11.6 Å². The number of carbonyl (C=O) groups excluding carboxylic acids is 2. The SMILES string of the molecule is CCn1cnc2cc(NC(=O)C3(C)CCCN(C(=O)c4n[nH]c5ccc(C)cc45)C3)ccc21. The van der Waals surface area contributed by atoms with Crippen LogP contribution in [0.2, 0.25) is 0 Å².